The number of amides is 2. The number of halogens is 1. The highest BCUT2D eigenvalue weighted by Gasteiger charge is 2.22. The predicted molar refractivity (Wildman–Crippen MR) is 121 cm³/mol. The lowest BCUT2D eigenvalue weighted by molar-refractivity contribution is -0.113. The SMILES string of the molecule is CC(c1nnc(SCC(=O)Nc2sccc2C(N)=O)n1-c1ccc(Cl)cc1)N(C)C. The Morgan fingerprint density at radius 3 is 2.60 bits per heavy atom. The lowest BCUT2D eigenvalue weighted by atomic mass is 10.2. The Hall–Kier alpha value is -2.40. The highest BCUT2D eigenvalue weighted by molar-refractivity contribution is 7.99. The minimum atomic E-state index is -0.580. The minimum absolute atomic E-state index is 0.000554. The normalized spacial score (nSPS) is 12.2. The third kappa shape index (κ3) is 5.01. The van der Waals surface area contributed by atoms with Crippen LogP contribution in [0.2, 0.25) is 5.02 Å². The first kappa shape index (κ1) is 22.3. The molecule has 2 amide bonds. The summed E-state index contributed by atoms with van der Waals surface area (Å²) in [5.41, 5.74) is 6.47. The molecule has 0 radical (unpaired) electrons. The first-order valence-electron chi connectivity index (χ1n) is 8.95. The Kier molecular flexibility index (Phi) is 7.14. The molecule has 3 N–H and O–H groups in total. The molecule has 1 atom stereocenters. The fourth-order valence-electron chi connectivity index (χ4n) is 2.60. The summed E-state index contributed by atoms with van der Waals surface area (Å²) in [6.45, 7) is 2.03. The Balaban J connectivity index is 1.81. The van der Waals surface area contributed by atoms with Crippen LogP contribution in [-0.4, -0.2) is 51.3 Å². The van der Waals surface area contributed by atoms with E-state index in [1.807, 2.05) is 42.6 Å². The van der Waals surface area contributed by atoms with Gasteiger partial charge in [-0.2, -0.15) is 0 Å². The maximum atomic E-state index is 12.4. The predicted octanol–water partition coefficient (Wildman–Crippen LogP) is 3.43. The number of nitrogens with zero attached hydrogens (tertiary/aromatic N) is 4. The van der Waals surface area contributed by atoms with Crippen LogP contribution in [0.1, 0.15) is 29.1 Å². The molecular formula is C19H21ClN6O2S2. The van der Waals surface area contributed by atoms with Crippen LogP contribution in [0.25, 0.3) is 5.69 Å². The lowest BCUT2D eigenvalue weighted by Gasteiger charge is -2.20. The van der Waals surface area contributed by atoms with Gasteiger partial charge in [0.1, 0.15) is 5.00 Å². The van der Waals surface area contributed by atoms with Crippen LogP contribution in [0, 0.1) is 0 Å². The van der Waals surface area contributed by atoms with E-state index in [1.54, 1.807) is 23.6 Å². The van der Waals surface area contributed by atoms with E-state index in [0.717, 1.165) is 11.5 Å². The fraction of sp³-hybridized carbons (Fsp3) is 0.263. The zero-order valence-corrected chi connectivity index (χ0v) is 19.0. The van der Waals surface area contributed by atoms with Crippen molar-refractivity contribution < 1.29 is 9.59 Å². The maximum Gasteiger partial charge on any atom is 0.251 e. The molecular weight excluding hydrogens is 444 g/mol. The number of hydrogen-bond acceptors (Lipinski definition) is 7. The van der Waals surface area contributed by atoms with Gasteiger partial charge < -0.3 is 11.1 Å². The van der Waals surface area contributed by atoms with E-state index < -0.39 is 5.91 Å². The van der Waals surface area contributed by atoms with Crippen molar-refractivity contribution >= 4 is 51.5 Å². The van der Waals surface area contributed by atoms with Crippen molar-refractivity contribution in [2.24, 2.45) is 5.73 Å². The number of nitrogens with one attached hydrogen (secondary N) is 1. The number of carbonyl (C=O) groups excluding carboxylic acids is 2. The van der Waals surface area contributed by atoms with Crippen molar-refractivity contribution in [3.63, 3.8) is 0 Å². The summed E-state index contributed by atoms with van der Waals surface area (Å²) in [7, 11) is 3.92. The van der Waals surface area contributed by atoms with Crippen LogP contribution in [0.15, 0.2) is 40.9 Å². The molecule has 3 aromatic rings. The smallest absolute Gasteiger partial charge is 0.251 e. The number of primary amides is 1. The standard InChI is InChI=1S/C19H21ClN6O2S2/c1-11(25(2)3)17-23-24-19(26(17)13-6-4-12(20)5-7-13)30-10-15(27)22-18-14(16(21)28)8-9-29-18/h4-9,11H,10H2,1-3H3,(H2,21,28)(H,22,27). The van der Waals surface area contributed by atoms with Gasteiger partial charge in [-0.05, 0) is 56.7 Å². The van der Waals surface area contributed by atoms with Crippen LogP contribution in [0.4, 0.5) is 5.00 Å². The van der Waals surface area contributed by atoms with Crippen LogP contribution in [-0.2, 0) is 4.79 Å². The molecule has 0 aliphatic rings. The summed E-state index contributed by atoms with van der Waals surface area (Å²) in [5.74, 6) is -0.000597. The van der Waals surface area contributed by atoms with Gasteiger partial charge in [0.05, 0.1) is 17.4 Å². The number of thioether (sulfide) groups is 1. The second kappa shape index (κ2) is 9.61. The number of thiophene rings is 1. The molecule has 0 bridgehead atoms. The summed E-state index contributed by atoms with van der Waals surface area (Å²) < 4.78 is 1.92. The van der Waals surface area contributed by atoms with Crippen LogP contribution < -0.4 is 11.1 Å². The van der Waals surface area contributed by atoms with Gasteiger partial charge in [-0.15, -0.1) is 21.5 Å². The lowest BCUT2D eigenvalue weighted by Crippen LogP contribution is -2.21. The van der Waals surface area contributed by atoms with E-state index in [1.165, 1.54) is 23.1 Å². The fourth-order valence-corrected chi connectivity index (χ4v) is 4.30. The van der Waals surface area contributed by atoms with E-state index in [9.17, 15) is 9.59 Å². The number of carbonyl (C=O) groups is 2. The molecule has 158 valence electrons. The molecule has 0 spiro atoms. The number of aromatic nitrogens is 3. The van der Waals surface area contributed by atoms with Gasteiger partial charge in [-0.25, -0.2) is 0 Å². The van der Waals surface area contributed by atoms with Crippen molar-refractivity contribution in [1.29, 1.82) is 0 Å². The summed E-state index contributed by atoms with van der Waals surface area (Å²) in [6.07, 6.45) is 0. The second-order valence-corrected chi connectivity index (χ2v) is 8.95. The molecule has 0 fully saturated rings. The van der Waals surface area contributed by atoms with Gasteiger partial charge in [-0.1, -0.05) is 23.4 Å². The molecule has 2 aromatic heterocycles. The largest absolute Gasteiger partial charge is 0.366 e. The summed E-state index contributed by atoms with van der Waals surface area (Å²) in [5, 5.41) is 14.7. The average Bonchev–Trinajstić information content (AvgIpc) is 3.33. The maximum absolute atomic E-state index is 12.4. The Morgan fingerprint density at radius 2 is 1.97 bits per heavy atom. The Morgan fingerprint density at radius 1 is 1.27 bits per heavy atom. The first-order chi connectivity index (χ1) is 14.3. The van der Waals surface area contributed by atoms with Crippen molar-refractivity contribution in [3.05, 3.63) is 52.1 Å². The van der Waals surface area contributed by atoms with Crippen molar-refractivity contribution in [2.45, 2.75) is 18.1 Å². The van der Waals surface area contributed by atoms with Gasteiger partial charge in [0.25, 0.3) is 5.91 Å². The van der Waals surface area contributed by atoms with Gasteiger partial charge >= 0.3 is 0 Å². The number of anilines is 1. The average molecular weight is 465 g/mol. The third-order valence-corrected chi connectivity index (χ3v) is 6.42. The highest BCUT2D eigenvalue weighted by Crippen LogP contribution is 2.28. The molecule has 0 saturated carbocycles. The Labute approximate surface area is 187 Å². The zero-order valence-electron chi connectivity index (χ0n) is 16.6. The number of nitrogens with two attached hydrogens (primary N) is 1. The van der Waals surface area contributed by atoms with E-state index in [-0.39, 0.29) is 17.7 Å². The highest BCUT2D eigenvalue weighted by atomic mass is 35.5. The molecule has 3 rings (SSSR count). The van der Waals surface area contributed by atoms with Crippen molar-refractivity contribution in [1.82, 2.24) is 19.7 Å². The van der Waals surface area contributed by atoms with Crippen molar-refractivity contribution in [3.8, 4) is 5.69 Å². The monoisotopic (exact) mass is 464 g/mol. The molecule has 0 aliphatic carbocycles. The van der Waals surface area contributed by atoms with E-state index in [0.29, 0.717) is 20.7 Å². The van der Waals surface area contributed by atoms with Gasteiger partial charge in [0, 0.05) is 10.7 Å². The number of benzene rings is 1. The second-order valence-electron chi connectivity index (χ2n) is 6.66. The van der Waals surface area contributed by atoms with Gasteiger partial charge in [0.2, 0.25) is 5.91 Å². The van der Waals surface area contributed by atoms with Crippen LogP contribution in [0.5, 0.6) is 0 Å². The zero-order chi connectivity index (χ0) is 21.8. The van der Waals surface area contributed by atoms with E-state index in [2.05, 4.69) is 15.5 Å². The molecule has 0 saturated heterocycles. The van der Waals surface area contributed by atoms with Gasteiger partial charge in [0.15, 0.2) is 11.0 Å². The summed E-state index contributed by atoms with van der Waals surface area (Å²) >= 11 is 8.53. The molecule has 1 aromatic carbocycles. The Bertz CT molecular complexity index is 1050. The summed E-state index contributed by atoms with van der Waals surface area (Å²) in [4.78, 5) is 25.9. The van der Waals surface area contributed by atoms with E-state index >= 15 is 0 Å². The number of hydrogen-bond donors (Lipinski definition) is 2. The topological polar surface area (TPSA) is 106 Å². The van der Waals surface area contributed by atoms with Crippen LogP contribution >= 0.6 is 34.7 Å². The molecule has 0 aliphatic heterocycles. The molecule has 30 heavy (non-hydrogen) atoms. The van der Waals surface area contributed by atoms with Gasteiger partial charge in [-0.3, -0.25) is 19.1 Å². The van der Waals surface area contributed by atoms with Crippen LogP contribution in [0.3, 0.4) is 0 Å². The molecule has 11 heteroatoms. The number of rotatable bonds is 8. The molecule has 1 unspecified atom stereocenters. The quantitative estimate of drug-likeness (QED) is 0.494. The molecule has 8 nitrogen and oxygen atoms in total. The summed E-state index contributed by atoms with van der Waals surface area (Å²) in [6, 6.07) is 8.94. The minimum Gasteiger partial charge on any atom is -0.366 e. The molecule has 2 heterocycles. The first-order valence-corrected chi connectivity index (χ1v) is 11.2. The van der Waals surface area contributed by atoms with E-state index in [4.69, 9.17) is 17.3 Å². The van der Waals surface area contributed by atoms with Crippen molar-refractivity contribution in [2.75, 3.05) is 25.2 Å². The third-order valence-electron chi connectivity index (χ3n) is 4.41.